The Morgan fingerprint density at radius 3 is 2.81 bits per heavy atom. The summed E-state index contributed by atoms with van der Waals surface area (Å²) in [4.78, 5) is 20.8. The van der Waals surface area contributed by atoms with Gasteiger partial charge in [-0.15, -0.1) is 0 Å². The molecule has 0 unspecified atom stereocenters. The first-order chi connectivity index (χ1) is 13.1. The molecule has 3 rings (SSSR count). The molecule has 0 atom stereocenters. The summed E-state index contributed by atoms with van der Waals surface area (Å²) in [6.07, 6.45) is 3.86. The Morgan fingerprint density at radius 2 is 2.07 bits per heavy atom. The average molecular weight is 368 g/mol. The number of anilines is 1. The minimum atomic E-state index is -0.442. The molecule has 0 fully saturated rings. The van der Waals surface area contributed by atoms with Crippen molar-refractivity contribution in [2.24, 2.45) is 0 Å². The van der Waals surface area contributed by atoms with Crippen LogP contribution in [0.4, 0.5) is 10.1 Å². The van der Waals surface area contributed by atoms with Crippen LogP contribution >= 0.6 is 0 Å². The number of methoxy groups -OCH3 is 1. The van der Waals surface area contributed by atoms with Crippen molar-refractivity contribution in [1.29, 1.82) is 0 Å². The number of fused-ring (bicyclic) bond motifs is 1. The highest BCUT2D eigenvalue weighted by atomic mass is 19.1. The van der Waals surface area contributed by atoms with Crippen molar-refractivity contribution in [3.05, 3.63) is 53.7 Å². The van der Waals surface area contributed by atoms with Crippen LogP contribution in [0.1, 0.15) is 29.4 Å². The largest absolute Gasteiger partial charge is 0.396 e. The van der Waals surface area contributed by atoms with E-state index >= 15 is 0 Å². The van der Waals surface area contributed by atoms with Crippen LogP contribution in [0.5, 0.6) is 0 Å². The average Bonchev–Trinajstić information content (AvgIpc) is 2.67. The van der Waals surface area contributed by atoms with Crippen molar-refractivity contribution >= 4 is 22.4 Å². The Bertz CT molecular complexity index is 991. The Morgan fingerprint density at radius 1 is 1.26 bits per heavy atom. The Kier molecular flexibility index (Phi) is 5.61. The monoisotopic (exact) mass is 368 g/mol. The van der Waals surface area contributed by atoms with Gasteiger partial charge < -0.3 is 15.8 Å². The number of nitrogens with two attached hydrogens (primary N) is 1. The van der Waals surface area contributed by atoms with E-state index in [-0.39, 0.29) is 17.3 Å². The summed E-state index contributed by atoms with van der Waals surface area (Å²) in [6.45, 7) is 2.78. The molecule has 7 heteroatoms. The number of pyridine rings is 2. The van der Waals surface area contributed by atoms with E-state index in [1.165, 1.54) is 12.3 Å². The Balaban J connectivity index is 2.20. The molecule has 0 radical (unpaired) electrons. The topological polar surface area (TPSA) is 90.1 Å². The van der Waals surface area contributed by atoms with Gasteiger partial charge in [0.2, 0.25) is 0 Å². The maximum atomic E-state index is 14.8. The van der Waals surface area contributed by atoms with Gasteiger partial charge in [-0.25, -0.2) is 9.37 Å². The predicted molar refractivity (Wildman–Crippen MR) is 103 cm³/mol. The quantitative estimate of drug-likeness (QED) is 0.697. The number of carbonyl (C=O) groups is 1. The molecule has 1 aromatic carbocycles. The molecule has 0 spiro atoms. The summed E-state index contributed by atoms with van der Waals surface area (Å²) in [5, 5.41) is 3.80. The first-order valence-corrected chi connectivity index (χ1v) is 8.66. The molecule has 140 valence electrons. The standard InChI is InChI=1S/C20H21FN4O2/c1-3-8-24-20(26)19-17(22)13-6-7-15(21)16(14(13)10-25-19)18-12(11-27-2)5-4-9-23-18/h4-7,9-10H,3,8,11,22H2,1-2H3,(H,24,26). The molecular formula is C20H21FN4O2. The van der Waals surface area contributed by atoms with Crippen LogP contribution in [0, 0.1) is 5.82 Å². The Hall–Kier alpha value is -3.06. The fraction of sp³-hybridized carbons (Fsp3) is 0.250. The van der Waals surface area contributed by atoms with Gasteiger partial charge in [-0.2, -0.15) is 0 Å². The highest BCUT2D eigenvalue weighted by molar-refractivity contribution is 6.09. The SMILES string of the molecule is CCCNC(=O)c1ncc2c(-c3ncccc3COC)c(F)ccc2c1N. The molecule has 0 saturated carbocycles. The van der Waals surface area contributed by atoms with Crippen LogP contribution in [-0.4, -0.2) is 29.5 Å². The number of halogens is 1. The number of nitrogens with one attached hydrogen (secondary N) is 1. The number of hydrogen-bond acceptors (Lipinski definition) is 5. The molecule has 1 amide bonds. The van der Waals surface area contributed by atoms with Gasteiger partial charge in [0.15, 0.2) is 5.69 Å². The van der Waals surface area contributed by atoms with Gasteiger partial charge in [-0.3, -0.25) is 9.78 Å². The zero-order chi connectivity index (χ0) is 19.4. The smallest absolute Gasteiger partial charge is 0.272 e. The van der Waals surface area contributed by atoms with Gasteiger partial charge in [-0.1, -0.05) is 13.0 Å². The molecule has 0 saturated heterocycles. The first-order valence-electron chi connectivity index (χ1n) is 8.66. The van der Waals surface area contributed by atoms with Gasteiger partial charge >= 0.3 is 0 Å². The lowest BCUT2D eigenvalue weighted by atomic mass is 9.98. The van der Waals surface area contributed by atoms with Crippen molar-refractivity contribution in [2.45, 2.75) is 20.0 Å². The molecule has 0 aliphatic carbocycles. The number of benzene rings is 1. The van der Waals surface area contributed by atoms with Gasteiger partial charge in [0, 0.05) is 47.9 Å². The summed E-state index contributed by atoms with van der Waals surface area (Å²) in [7, 11) is 1.57. The summed E-state index contributed by atoms with van der Waals surface area (Å²) < 4.78 is 20.0. The van der Waals surface area contributed by atoms with E-state index in [1.54, 1.807) is 25.4 Å². The number of nitrogens with zero attached hydrogens (tertiary/aromatic N) is 2. The molecule has 2 heterocycles. The normalized spacial score (nSPS) is 10.9. The molecule has 3 N–H and O–H groups in total. The number of nitrogen functional groups attached to an aromatic ring is 1. The van der Waals surface area contributed by atoms with Gasteiger partial charge in [0.05, 0.1) is 18.0 Å². The van der Waals surface area contributed by atoms with Crippen LogP contribution in [0.3, 0.4) is 0 Å². The zero-order valence-electron chi connectivity index (χ0n) is 15.3. The van der Waals surface area contributed by atoms with E-state index in [9.17, 15) is 9.18 Å². The fourth-order valence-corrected chi connectivity index (χ4v) is 2.97. The summed E-state index contributed by atoms with van der Waals surface area (Å²) in [5.74, 6) is -0.789. The van der Waals surface area contributed by atoms with Crippen LogP contribution in [0.2, 0.25) is 0 Å². The van der Waals surface area contributed by atoms with E-state index in [4.69, 9.17) is 10.5 Å². The van der Waals surface area contributed by atoms with Gasteiger partial charge in [-0.05, 0) is 24.6 Å². The zero-order valence-corrected chi connectivity index (χ0v) is 15.3. The van der Waals surface area contributed by atoms with Crippen LogP contribution in [0.25, 0.3) is 22.0 Å². The number of hydrogen-bond donors (Lipinski definition) is 2. The third-order valence-electron chi connectivity index (χ3n) is 4.24. The first kappa shape index (κ1) is 18.7. The predicted octanol–water partition coefficient (Wildman–Crippen LogP) is 3.30. The van der Waals surface area contributed by atoms with Crippen molar-refractivity contribution in [1.82, 2.24) is 15.3 Å². The second kappa shape index (κ2) is 8.09. The Labute approximate surface area is 156 Å². The van der Waals surface area contributed by atoms with Crippen molar-refractivity contribution in [2.75, 3.05) is 19.4 Å². The van der Waals surface area contributed by atoms with Crippen molar-refractivity contribution < 1.29 is 13.9 Å². The molecule has 0 bridgehead atoms. The third-order valence-corrected chi connectivity index (χ3v) is 4.24. The van der Waals surface area contributed by atoms with Crippen LogP contribution in [0.15, 0.2) is 36.7 Å². The highest BCUT2D eigenvalue weighted by Crippen LogP contribution is 2.35. The maximum Gasteiger partial charge on any atom is 0.272 e. The van der Waals surface area contributed by atoms with Crippen LogP contribution in [-0.2, 0) is 11.3 Å². The van der Waals surface area contributed by atoms with E-state index in [1.807, 2.05) is 13.0 Å². The van der Waals surface area contributed by atoms with Crippen molar-refractivity contribution in [3.63, 3.8) is 0 Å². The van der Waals surface area contributed by atoms with Gasteiger partial charge in [0.1, 0.15) is 5.82 Å². The van der Waals surface area contributed by atoms with Gasteiger partial charge in [0.25, 0.3) is 5.91 Å². The third kappa shape index (κ3) is 3.59. The molecule has 3 aromatic rings. The number of carbonyl (C=O) groups excluding carboxylic acids is 1. The molecule has 2 aromatic heterocycles. The molecule has 0 aliphatic rings. The highest BCUT2D eigenvalue weighted by Gasteiger charge is 2.20. The maximum absolute atomic E-state index is 14.8. The molecule has 6 nitrogen and oxygen atoms in total. The van der Waals surface area contributed by atoms with E-state index in [0.29, 0.717) is 35.2 Å². The lowest BCUT2D eigenvalue weighted by Crippen LogP contribution is -2.26. The van der Waals surface area contributed by atoms with E-state index in [2.05, 4.69) is 15.3 Å². The number of aromatic nitrogens is 2. The number of ether oxygens (including phenoxy) is 1. The lowest BCUT2D eigenvalue weighted by molar-refractivity contribution is 0.0950. The molecule has 0 aliphatic heterocycles. The minimum absolute atomic E-state index is 0.131. The minimum Gasteiger partial charge on any atom is -0.396 e. The van der Waals surface area contributed by atoms with Crippen LogP contribution < -0.4 is 11.1 Å². The summed E-state index contributed by atoms with van der Waals surface area (Å²) >= 11 is 0. The lowest BCUT2D eigenvalue weighted by Gasteiger charge is -2.14. The molecule has 27 heavy (non-hydrogen) atoms. The number of rotatable bonds is 6. The molecular weight excluding hydrogens is 347 g/mol. The van der Waals surface area contributed by atoms with E-state index in [0.717, 1.165) is 12.0 Å². The second-order valence-electron chi connectivity index (χ2n) is 6.10. The van der Waals surface area contributed by atoms with Crippen molar-refractivity contribution in [3.8, 4) is 11.3 Å². The fourth-order valence-electron chi connectivity index (χ4n) is 2.97. The van der Waals surface area contributed by atoms with E-state index < -0.39 is 5.82 Å². The summed E-state index contributed by atoms with van der Waals surface area (Å²) in [5.41, 5.74) is 8.04. The number of amides is 1. The second-order valence-corrected chi connectivity index (χ2v) is 6.10. The summed E-state index contributed by atoms with van der Waals surface area (Å²) in [6, 6.07) is 6.48.